The first-order valence-corrected chi connectivity index (χ1v) is 10.7. The first-order chi connectivity index (χ1) is 13.3. The Balaban J connectivity index is 1.36. The Morgan fingerprint density at radius 3 is 2.48 bits per heavy atom. The summed E-state index contributed by atoms with van der Waals surface area (Å²) < 4.78 is 0. The molecule has 0 spiro atoms. The van der Waals surface area contributed by atoms with Gasteiger partial charge < -0.3 is 9.80 Å². The van der Waals surface area contributed by atoms with Gasteiger partial charge in [0.2, 0.25) is 0 Å². The predicted molar refractivity (Wildman–Crippen MR) is 110 cm³/mol. The smallest absolute Gasteiger partial charge is 0.189 e. The highest BCUT2D eigenvalue weighted by Gasteiger charge is 2.26. The number of para-hydroxylation sites is 2. The average Bonchev–Trinajstić information content (AvgIpc) is 3.21. The molecule has 0 unspecified atom stereocenters. The van der Waals surface area contributed by atoms with E-state index in [2.05, 4.69) is 21.0 Å². The lowest BCUT2D eigenvalue weighted by molar-refractivity contribution is 0.635. The zero-order valence-corrected chi connectivity index (χ0v) is 16.2. The first-order valence-electron chi connectivity index (χ1n) is 9.47. The van der Waals surface area contributed by atoms with Crippen LogP contribution in [0, 0.1) is 0 Å². The summed E-state index contributed by atoms with van der Waals surface area (Å²) in [4.78, 5) is 23.7. The highest BCUT2D eigenvalue weighted by Crippen LogP contribution is 2.31. The summed E-state index contributed by atoms with van der Waals surface area (Å²) in [5.41, 5.74) is 4.52. The molecule has 1 aliphatic heterocycles. The van der Waals surface area contributed by atoms with E-state index >= 15 is 0 Å². The number of aryl methyl sites for hydroxylation is 1. The van der Waals surface area contributed by atoms with Crippen molar-refractivity contribution >= 4 is 34.4 Å². The van der Waals surface area contributed by atoms with Gasteiger partial charge in [-0.3, -0.25) is 4.98 Å². The molecular formula is C20H22N6S. The number of rotatable bonds is 3. The first kappa shape index (κ1) is 16.7. The van der Waals surface area contributed by atoms with E-state index in [0.717, 1.165) is 66.8 Å². The van der Waals surface area contributed by atoms with Gasteiger partial charge in [0.1, 0.15) is 11.6 Å². The Morgan fingerprint density at radius 1 is 0.889 bits per heavy atom. The van der Waals surface area contributed by atoms with E-state index in [0.29, 0.717) is 0 Å². The van der Waals surface area contributed by atoms with Crippen LogP contribution in [0.5, 0.6) is 0 Å². The fourth-order valence-corrected chi connectivity index (χ4v) is 4.37. The molecule has 5 rings (SSSR count). The van der Waals surface area contributed by atoms with Crippen LogP contribution in [0.25, 0.3) is 11.0 Å². The van der Waals surface area contributed by atoms with Gasteiger partial charge in [-0.1, -0.05) is 23.9 Å². The molecule has 2 aliphatic rings. The van der Waals surface area contributed by atoms with Crippen LogP contribution >= 0.6 is 11.8 Å². The van der Waals surface area contributed by atoms with Gasteiger partial charge in [-0.05, 0) is 37.7 Å². The molecule has 0 amide bonds. The third kappa shape index (κ3) is 3.10. The van der Waals surface area contributed by atoms with Gasteiger partial charge in [-0.2, -0.15) is 0 Å². The number of hydrogen-bond donors (Lipinski definition) is 0. The molecule has 2 aromatic heterocycles. The number of benzene rings is 1. The summed E-state index contributed by atoms with van der Waals surface area (Å²) in [5.74, 6) is 2.12. The summed E-state index contributed by atoms with van der Waals surface area (Å²) >= 11 is 1.63. The molecule has 0 saturated carbocycles. The maximum Gasteiger partial charge on any atom is 0.189 e. The van der Waals surface area contributed by atoms with E-state index < -0.39 is 0 Å². The summed E-state index contributed by atoms with van der Waals surface area (Å²) in [7, 11) is 0. The van der Waals surface area contributed by atoms with Crippen molar-refractivity contribution in [2.75, 3.05) is 42.2 Å². The highest BCUT2D eigenvalue weighted by molar-refractivity contribution is 7.98. The van der Waals surface area contributed by atoms with Crippen LogP contribution < -0.4 is 9.80 Å². The fraction of sp³-hybridized carbons (Fsp3) is 0.400. The van der Waals surface area contributed by atoms with Crippen LogP contribution in [0.1, 0.15) is 17.7 Å². The predicted octanol–water partition coefficient (Wildman–Crippen LogP) is 2.96. The minimum atomic E-state index is 0.897. The largest absolute Gasteiger partial charge is 0.353 e. The molecule has 3 heterocycles. The van der Waals surface area contributed by atoms with E-state index in [-0.39, 0.29) is 0 Å². The van der Waals surface area contributed by atoms with Gasteiger partial charge in [0.15, 0.2) is 5.16 Å². The van der Waals surface area contributed by atoms with E-state index in [4.69, 9.17) is 15.0 Å². The molecular weight excluding hydrogens is 356 g/mol. The fourth-order valence-electron chi connectivity index (χ4n) is 3.99. The van der Waals surface area contributed by atoms with Crippen molar-refractivity contribution in [1.29, 1.82) is 0 Å². The number of nitrogens with zero attached hydrogens (tertiary/aromatic N) is 6. The van der Waals surface area contributed by atoms with Crippen molar-refractivity contribution in [1.82, 2.24) is 19.9 Å². The number of fused-ring (bicyclic) bond motifs is 2. The van der Waals surface area contributed by atoms with Gasteiger partial charge >= 0.3 is 0 Å². The molecule has 1 fully saturated rings. The molecule has 1 aromatic carbocycles. The highest BCUT2D eigenvalue weighted by atomic mass is 32.2. The van der Waals surface area contributed by atoms with Gasteiger partial charge in [0.25, 0.3) is 0 Å². The molecule has 7 heteroatoms. The van der Waals surface area contributed by atoms with Crippen LogP contribution in [0.3, 0.4) is 0 Å². The maximum atomic E-state index is 4.86. The van der Waals surface area contributed by atoms with Gasteiger partial charge in [-0.25, -0.2) is 15.0 Å². The minimum absolute atomic E-state index is 0.897. The van der Waals surface area contributed by atoms with Crippen molar-refractivity contribution in [2.45, 2.75) is 24.4 Å². The summed E-state index contributed by atoms with van der Waals surface area (Å²) in [6.45, 7) is 3.76. The Bertz CT molecular complexity index is 983. The van der Waals surface area contributed by atoms with E-state index in [1.807, 2.05) is 30.5 Å². The Hall–Kier alpha value is -2.41. The van der Waals surface area contributed by atoms with E-state index in [1.165, 1.54) is 17.7 Å². The van der Waals surface area contributed by atoms with Crippen molar-refractivity contribution in [3.05, 3.63) is 41.7 Å². The second-order valence-corrected chi connectivity index (χ2v) is 7.78. The molecule has 0 N–H and O–H groups in total. The molecule has 1 aliphatic carbocycles. The molecule has 6 nitrogen and oxygen atoms in total. The second kappa shape index (κ2) is 6.96. The van der Waals surface area contributed by atoms with E-state index in [9.17, 15) is 0 Å². The van der Waals surface area contributed by atoms with Gasteiger partial charge in [0, 0.05) is 31.7 Å². The molecule has 138 valence electrons. The minimum Gasteiger partial charge on any atom is -0.353 e. The lowest BCUT2D eigenvalue weighted by Gasteiger charge is -2.36. The van der Waals surface area contributed by atoms with Crippen molar-refractivity contribution in [3.8, 4) is 0 Å². The number of hydrogen-bond acceptors (Lipinski definition) is 7. The van der Waals surface area contributed by atoms with Crippen LogP contribution in [0.15, 0.2) is 35.6 Å². The molecule has 3 aromatic rings. The molecule has 1 saturated heterocycles. The Morgan fingerprint density at radius 2 is 1.67 bits per heavy atom. The average molecular weight is 379 g/mol. The van der Waals surface area contributed by atoms with Gasteiger partial charge in [-0.15, -0.1) is 0 Å². The second-order valence-electron chi connectivity index (χ2n) is 7.00. The van der Waals surface area contributed by atoms with Crippen molar-refractivity contribution < 1.29 is 0 Å². The molecule has 0 bridgehead atoms. The van der Waals surface area contributed by atoms with Crippen molar-refractivity contribution in [2.24, 2.45) is 0 Å². The monoisotopic (exact) mass is 378 g/mol. The topological polar surface area (TPSA) is 58.0 Å². The lowest BCUT2D eigenvalue weighted by atomic mass is 10.2. The summed E-state index contributed by atoms with van der Waals surface area (Å²) in [6, 6.07) is 8.04. The standard InChI is InChI=1S/C20H22N6S/c1-27-20-23-15-8-4-5-14(15)19(24-20)26-11-9-25(10-12-26)18-13-21-16-6-2-3-7-17(16)22-18/h2-3,6-7,13H,4-5,8-12H2,1H3. The SMILES string of the molecule is CSc1nc2c(c(N3CCN(c4cnc5ccccc5n4)CC3)n1)CCC2. The van der Waals surface area contributed by atoms with Crippen LogP contribution in [0.4, 0.5) is 11.6 Å². The lowest BCUT2D eigenvalue weighted by Crippen LogP contribution is -2.47. The van der Waals surface area contributed by atoms with Crippen LogP contribution in [-0.2, 0) is 12.8 Å². The van der Waals surface area contributed by atoms with Crippen LogP contribution in [0.2, 0.25) is 0 Å². The summed E-state index contributed by atoms with van der Waals surface area (Å²) in [6.07, 6.45) is 7.34. The number of aromatic nitrogens is 4. The number of thioether (sulfide) groups is 1. The van der Waals surface area contributed by atoms with E-state index in [1.54, 1.807) is 11.8 Å². The maximum absolute atomic E-state index is 4.86. The molecule has 0 radical (unpaired) electrons. The van der Waals surface area contributed by atoms with Gasteiger partial charge in [0.05, 0.1) is 22.9 Å². The molecule has 0 atom stereocenters. The quantitative estimate of drug-likeness (QED) is 0.513. The third-order valence-electron chi connectivity index (χ3n) is 5.41. The number of piperazine rings is 1. The Kier molecular flexibility index (Phi) is 4.32. The Labute approximate surface area is 163 Å². The van der Waals surface area contributed by atoms with Crippen molar-refractivity contribution in [3.63, 3.8) is 0 Å². The third-order valence-corrected chi connectivity index (χ3v) is 5.96. The zero-order chi connectivity index (χ0) is 18.2. The summed E-state index contributed by atoms with van der Waals surface area (Å²) in [5, 5.41) is 0.897. The zero-order valence-electron chi connectivity index (χ0n) is 15.4. The normalized spacial score (nSPS) is 16.8. The number of anilines is 2. The molecule has 27 heavy (non-hydrogen) atoms. The van der Waals surface area contributed by atoms with Crippen LogP contribution in [-0.4, -0.2) is 52.4 Å².